The van der Waals surface area contributed by atoms with Crippen LogP contribution in [-0.2, 0) is 4.79 Å². The van der Waals surface area contributed by atoms with E-state index in [-0.39, 0.29) is 7.43 Å². The van der Waals surface area contributed by atoms with Crippen molar-refractivity contribution in [2.24, 2.45) is 0 Å². The van der Waals surface area contributed by atoms with Crippen LogP contribution in [-0.4, -0.2) is 28.5 Å². The lowest BCUT2D eigenvalue weighted by atomic mass is 10.2. The molecule has 0 unspecified atom stereocenters. The average molecular weight is 145 g/mol. The van der Waals surface area contributed by atoms with E-state index in [1.165, 1.54) is 0 Å². The third-order valence-corrected chi connectivity index (χ3v) is 2.88. The number of amides is 1. The lowest BCUT2D eigenvalue weighted by molar-refractivity contribution is -0.140. The molecule has 2 rings (SSSR count). The maximum Gasteiger partial charge on any atom is 0.226 e. The van der Waals surface area contributed by atoms with Gasteiger partial charge < -0.3 is 4.90 Å². The molecule has 0 saturated carbocycles. The van der Waals surface area contributed by atoms with Gasteiger partial charge in [-0.25, -0.2) is 0 Å². The van der Waals surface area contributed by atoms with E-state index in [9.17, 15) is 4.79 Å². The van der Waals surface area contributed by atoms with Crippen LogP contribution in [0.5, 0.6) is 0 Å². The summed E-state index contributed by atoms with van der Waals surface area (Å²) in [6.07, 6.45) is 0.796. The Hall–Kier alpha value is -0.180. The first-order chi connectivity index (χ1) is 3.88. The number of hydrogen-bond acceptors (Lipinski definition) is 2. The quantitative estimate of drug-likeness (QED) is 0.473. The number of rotatable bonds is 0. The van der Waals surface area contributed by atoms with Crippen LogP contribution in [0, 0.1) is 0 Å². The second kappa shape index (κ2) is 2.21. The van der Waals surface area contributed by atoms with Gasteiger partial charge in [0.2, 0.25) is 5.91 Å². The van der Waals surface area contributed by atoms with Gasteiger partial charge in [0, 0.05) is 12.3 Å². The molecule has 2 fully saturated rings. The Labute approximate surface area is 59.6 Å². The van der Waals surface area contributed by atoms with Gasteiger partial charge in [0.05, 0.1) is 11.8 Å². The molecular weight excluding hydrogens is 134 g/mol. The lowest BCUT2D eigenvalue weighted by Crippen LogP contribution is -2.46. The number of nitrogens with zero attached hydrogens (tertiary/aromatic N) is 1. The highest BCUT2D eigenvalue weighted by molar-refractivity contribution is 8.00. The van der Waals surface area contributed by atoms with Gasteiger partial charge >= 0.3 is 0 Å². The first kappa shape index (κ1) is 6.93. The molecule has 0 spiro atoms. The summed E-state index contributed by atoms with van der Waals surface area (Å²) in [6, 6.07) is 0. The highest BCUT2D eigenvalue weighted by Crippen LogP contribution is 2.34. The summed E-state index contributed by atoms with van der Waals surface area (Å²) >= 11 is 1.90. The summed E-state index contributed by atoms with van der Waals surface area (Å²) < 4.78 is 0. The average Bonchev–Trinajstić information content (AvgIpc) is 2.09. The lowest BCUT2D eigenvalue weighted by Gasteiger charge is -2.32. The molecule has 1 atom stereocenters. The molecule has 0 aromatic carbocycles. The van der Waals surface area contributed by atoms with Crippen molar-refractivity contribution in [3.8, 4) is 0 Å². The molecule has 2 heterocycles. The van der Waals surface area contributed by atoms with E-state index in [2.05, 4.69) is 0 Å². The van der Waals surface area contributed by atoms with Crippen molar-refractivity contribution in [1.82, 2.24) is 4.90 Å². The summed E-state index contributed by atoms with van der Waals surface area (Å²) in [7, 11) is 0. The minimum Gasteiger partial charge on any atom is -0.329 e. The first-order valence-electron chi connectivity index (χ1n) is 2.79. The minimum atomic E-state index is 0. The molecule has 52 valence electrons. The van der Waals surface area contributed by atoms with Crippen LogP contribution in [0.3, 0.4) is 0 Å². The second-order valence-corrected chi connectivity index (χ2v) is 3.40. The molecule has 0 aromatic heterocycles. The minimum absolute atomic E-state index is 0. The van der Waals surface area contributed by atoms with E-state index in [0.29, 0.717) is 11.3 Å². The number of carbonyl (C=O) groups is 1. The summed E-state index contributed by atoms with van der Waals surface area (Å²) in [5, 5.41) is 0.572. The molecule has 0 bridgehead atoms. The smallest absolute Gasteiger partial charge is 0.226 e. The molecule has 0 aromatic rings. The van der Waals surface area contributed by atoms with Crippen molar-refractivity contribution in [2.45, 2.75) is 19.2 Å². The fourth-order valence-electron chi connectivity index (χ4n) is 1.13. The van der Waals surface area contributed by atoms with Crippen molar-refractivity contribution in [2.75, 3.05) is 12.3 Å². The van der Waals surface area contributed by atoms with Crippen molar-refractivity contribution in [3.63, 3.8) is 0 Å². The molecule has 0 N–H and O–H groups in total. The van der Waals surface area contributed by atoms with Crippen molar-refractivity contribution >= 4 is 17.7 Å². The molecule has 0 radical (unpaired) electrons. The van der Waals surface area contributed by atoms with Gasteiger partial charge in [0.15, 0.2) is 0 Å². The molecule has 2 aliphatic rings. The Kier molecular flexibility index (Phi) is 1.70. The number of thioether (sulfide) groups is 1. The van der Waals surface area contributed by atoms with E-state index in [0.717, 1.165) is 18.7 Å². The van der Waals surface area contributed by atoms with Gasteiger partial charge in [-0.15, -0.1) is 11.8 Å². The van der Waals surface area contributed by atoms with Crippen LogP contribution >= 0.6 is 11.8 Å². The standard InChI is InChI=1S/C5H7NOS.CH4/c7-4-3-5-6(4)1-2-8-5;/h5H,1-3H2;1H4/t5-;/m1./s1. The zero-order valence-electron chi connectivity index (χ0n) is 4.46. The molecule has 2 nitrogen and oxygen atoms in total. The monoisotopic (exact) mass is 145 g/mol. The van der Waals surface area contributed by atoms with Crippen LogP contribution < -0.4 is 0 Å². The Morgan fingerprint density at radius 1 is 1.67 bits per heavy atom. The molecule has 3 heteroatoms. The third kappa shape index (κ3) is 0.834. The van der Waals surface area contributed by atoms with Crippen LogP contribution in [0.15, 0.2) is 0 Å². The van der Waals surface area contributed by atoms with Crippen molar-refractivity contribution < 1.29 is 4.79 Å². The zero-order chi connectivity index (χ0) is 5.56. The molecule has 0 aliphatic carbocycles. The fourth-order valence-corrected chi connectivity index (χ4v) is 2.37. The Balaban J connectivity index is 0.000000405. The fraction of sp³-hybridized carbons (Fsp3) is 0.833. The predicted octanol–water partition coefficient (Wildman–Crippen LogP) is 0.928. The van der Waals surface area contributed by atoms with E-state index in [4.69, 9.17) is 0 Å². The van der Waals surface area contributed by atoms with Crippen LogP contribution in [0.2, 0.25) is 0 Å². The molecule has 2 saturated heterocycles. The van der Waals surface area contributed by atoms with E-state index in [1.807, 2.05) is 16.7 Å². The molecule has 2 aliphatic heterocycles. The van der Waals surface area contributed by atoms with Gasteiger partial charge in [-0.2, -0.15) is 0 Å². The topological polar surface area (TPSA) is 20.3 Å². The van der Waals surface area contributed by atoms with Crippen molar-refractivity contribution in [3.05, 3.63) is 0 Å². The largest absolute Gasteiger partial charge is 0.329 e. The Morgan fingerprint density at radius 2 is 2.44 bits per heavy atom. The van der Waals surface area contributed by atoms with Gasteiger partial charge in [0.1, 0.15) is 0 Å². The second-order valence-electron chi connectivity index (χ2n) is 2.12. The van der Waals surface area contributed by atoms with Crippen LogP contribution in [0.1, 0.15) is 13.8 Å². The number of carbonyl (C=O) groups excluding carboxylic acids is 1. The summed E-state index contributed by atoms with van der Waals surface area (Å²) in [4.78, 5) is 12.6. The number of hydrogen-bond donors (Lipinski definition) is 0. The zero-order valence-corrected chi connectivity index (χ0v) is 5.28. The van der Waals surface area contributed by atoms with Gasteiger partial charge in [-0.3, -0.25) is 4.79 Å². The normalized spacial score (nSPS) is 30.9. The number of fused-ring (bicyclic) bond motifs is 1. The first-order valence-corrected chi connectivity index (χ1v) is 3.84. The summed E-state index contributed by atoms with van der Waals surface area (Å²) in [6.45, 7) is 0.994. The summed E-state index contributed by atoms with van der Waals surface area (Å²) in [5.41, 5.74) is 0. The van der Waals surface area contributed by atoms with Crippen LogP contribution in [0.4, 0.5) is 0 Å². The van der Waals surface area contributed by atoms with Gasteiger partial charge in [-0.1, -0.05) is 7.43 Å². The SMILES string of the molecule is C.O=C1C[C@H]2SCCN12. The van der Waals surface area contributed by atoms with E-state index >= 15 is 0 Å². The summed E-state index contributed by atoms with van der Waals surface area (Å²) in [5.74, 6) is 1.50. The van der Waals surface area contributed by atoms with E-state index in [1.54, 1.807) is 0 Å². The number of β-lactam (4-membered cyclic amide) rings is 1. The van der Waals surface area contributed by atoms with Crippen molar-refractivity contribution in [1.29, 1.82) is 0 Å². The maximum atomic E-state index is 10.6. The van der Waals surface area contributed by atoms with Crippen LogP contribution in [0.25, 0.3) is 0 Å². The van der Waals surface area contributed by atoms with E-state index < -0.39 is 0 Å². The third-order valence-electron chi connectivity index (χ3n) is 1.66. The highest BCUT2D eigenvalue weighted by Gasteiger charge is 2.39. The predicted molar refractivity (Wildman–Crippen MR) is 39.3 cm³/mol. The highest BCUT2D eigenvalue weighted by atomic mass is 32.2. The molecule has 9 heavy (non-hydrogen) atoms. The molecule has 1 amide bonds. The van der Waals surface area contributed by atoms with Gasteiger partial charge in [-0.05, 0) is 0 Å². The Morgan fingerprint density at radius 3 is 2.89 bits per heavy atom. The Bertz CT molecular complexity index is 137. The van der Waals surface area contributed by atoms with Gasteiger partial charge in [0.25, 0.3) is 0 Å². The molecular formula is C6H11NOS. The maximum absolute atomic E-state index is 10.6.